The molecule has 1 aliphatic heterocycles. The Hall–Kier alpha value is -0.190. The molecule has 2 heterocycles. The Morgan fingerprint density at radius 3 is 3.12 bits per heavy atom. The first kappa shape index (κ1) is 12.3. The Balaban J connectivity index is 1.95. The molecule has 88 valence electrons. The van der Waals surface area contributed by atoms with Crippen LogP contribution in [0.4, 0.5) is 0 Å². The molecule has 0 bridgehead atoms. The number of nitrogens with zero attached hydrogens (tertiary/aromatic N) is 1. The Kier molecular flexibility index (Phi) is 4.16. The molecule has 16 heavy (non-hydrogen) atoms. The molecule has 0 saturated carbocycles. The van der Waals surface area contributed by atoms with Crippen molar-refractivity contribution >= 4 is 33.0 Å². The summed E-state index contributed by atoms with van der Waals surface area (Å²) in [5.74, 6) is 0.976. The molecule has 0 amide bonds. The number of Topliss-reactive ketones (excluding diaryl/α,β-unsaturated/α-hetero) is 1. The van der Waals surface area contributed by atoms with Gasteiger partial charge in [0.2, 0.25) is 0 Å². The second kappa shape index (κ2) is 5.43. The largest absolute Gasteiger partial charge is 0.296 e. The maximum Gasteiger partial charge on any atom is 0.187 e. The van der Waals surface area contributed by atoms with E-state index in [1.807, 2.05) is 11.4 Å². The molecule has 1 unspecified atom stereocenters. The molecule has 0 N–H and O–H groups in total. The van der Waals surface area contributed by atoms with Crippen molar-refractivity contribution in [2.24, 2.45) is 5.92 Å². The van der Waals surface area contributed by atoms with Crippen LogP contribution in [-0.4, -0.2) is 30.3 Å². The van der Waals surface area contributed by atoms with Crippen molar-refractivity contribution in [1.29, 1.82) is 0 Å². The standard InChI is InChI=1S/C12H16BrNOS/c1-9-3-2-5-14(7-9)8-11(15)12-10(13)4-6-16-12/h4,6,9H,2-3,5,7-8H2,1H3. The van der Waals surface area contributed by atoms with E-state index in [0.717, 1.165) is 28.4 Å². The van der Waals surface area contributed by atoms with Gasteiger partial charge < -0.3 is 0 Å². The van der Waals surface area contributed by atoms with Crippen LogP contribution in [0.2, 0.25) is 0 Å². The van der Waals surface area contributed by atoms with Gasteiger partial charge in [-0.2, -0.15) is 0 Å². The number of carbonyl (C=O) groups excluding carboxylic acids is 1. The zero-order valence-electron chi connectivity index (χ0n) is 9.41. The monoisotopic (exact) mass is 301 g/mol. The van der Waals surface area contributed by atoms with Gasteiger partial charge >= 0.3 is 0 Å². The van der Waals surface area contributed by atoms with E-state index in [-0.39, 0.29) is 5.78 Å². The fraction of sp³-hybridized carbons (Fsp3) is 0.583. The van der Waals surface area contributed by atoms with E-state index in [9.17, 15) is 4.79 Å². The minimum absolute atomic E-state index is 0.246. The minimum Gasteiger partial charge on any atom is -0.296 e. The third-order valence-corrected chi connectivity index (χ3v) is 4.86. The lowest BCUT2D eigenvalue weighted by Gasteiger charge is -2.30. The van der Waals surface area contributed by atoms with Crippen LogP contribution in [0.5, 0.6) is 0 Å². The number of thiophene rings is 1. The average Bonchev–Trinajstić information content (AvgIpc) is 2.64. The molecule has 1 saturated heterocycles. The van der Waals surface area contributed by atoms with Gasteiger partial charge in [-0.25, -0.2) is 0 Å². The van der Waals surface area contributed by atoms with Crippen molar-refractivity contribution in [2.75, 3.05) is 19.6 Å². The number of halogens is 1. The van der Waals surface area contributed by atoms with Gasteiger partial charge in [0.25, 0.3) is 0 Å². The van der Waals surface area contributed by atoms with Gasteiger partial charge in [0, 0.05) is 11.0 Å². The van der Waals surface area contributed by atoms with Crippen molar-refractivity contribution in [3.05, 3.63) is 20.8 Å². The smallest absolute Gasteiger partial charge is 0.187 e. The number of rotatable bonds is 3. The number of carbonyl (C=O) groups is 1. The third kappa shape index (κ3) is 2.93. The lowest BCUT2D eigenvalue weighted by atomic mass is 10.0. The van der Waals surface area contributed by atoms with Crippen LogP contribution in [0.1, 0.15) is 29.4 Å². The molecule has 1 aromatic rings. The first-order valence-electron chi connectivity index (χ1n) is 5.65. The first-order chi connectivity index (χ1) is 7.66. The van der Waals surface area contributed by atoms with E-state index in [1.165, 1.54) is 24.2 Å². The van der Waals surface area contributed by atoms with Gasteiger partial charge in [0.05, 0.1) is 11.4 Å². The van der Waals surface area contributed by atoms with Crippen LogP contribution in [0.3, 0.4) is 0 Å². The highest BCUT2D eigenvalue weighted by Gasteiger charge is 2.20. The lowest BCUT2D eigenvalue weighted by molar-refractivity contribution is 0.0896. The highest BCUT2D eigenvalue weighted by Crippen LogP contribution is 2.24. The van der Waals surface area contributed by atoms with Gasteiger partial charge in [-0.05, 0) is 52.7 Å². The fourth-order valence-corrected chi connectivity index (χ4v) is 3.72. The SMILES string of the molecule is CC1CCCN(CC(=O)c2sccc2Br)C1. The van der Waals surface area contributed by atoms with Crippen LogP contribution >= 0.6 is 27.3 Å². The average molecular weight is 302 g/mol. The van der Waals surface area contributed by atoms with E-state index in [0.29, 0.717) is 6.54 Å². The maximum absolute atomic E-state index is 12.0. The van der Waals surface area contributed by atoms with E-state index in [2.05, 4.69) is 27.8 Å². The highest BCUT2D eigenvalue weighted by atomic mass is 79.9. The van der Waals surface area contributed by atoms with Crippen LogP contribution < -0.4 is 0 Å². The number of piperidine rings is 1. The van der Waals surface area contributed by atoms with Gasteiger partial charge in [0.1, 0.15) is 0 Å². The van der Waals surface area contributed by atoms with Crippen molar-refractivity contribution in [3.63, 3.8) is 0 Å². The number of likely N-dealkylation sites (tertiary alicyclic amines) is 1. The molecule has 2 rings (SSSR count). The summed E-state index contributed by atoms with van der Waals surface area (Å²) in [7, 11) is 0. The summed E-state index contributed by atoms with van der Waals surface area (Å²) in [6.07, 6.45) is 2.52. The topological polar surface area (TPSA) is 20.3 Å². The molecule has 1 aromatic heterocycles. The first-order valence-corrected chi connectivity index (χ1v) is 7.32. The Morgan fingerprint density at radius 2 is 2.50 bits per heavy atom. The fourth-order valence-electron chi connectivity index (χ4n) is 2.20. The number of hydrogen-bond donors (Lipinski definition) is 0. The second-order valence-corrected chi connectivity index (χ2v) is 6.27. The van der Waals surface area contributed by atoms with Gasteiger partial charge in [0.15, 0.2) is 5.78 Å². The molecular weight excluding hydrogens is 286 g/mol. The second-order valence-electron chi connectivity index (χ2n) is 4.50. The van der Waals surface area contributed by atoms with Crippen molar-refractivity contribution < 1.29 is 4.79 Å². The zero-order valence-corrected chi connectivity index (χ0v) is 11.8. The molecule has 2 nitrogen and oxygen atoms in total. The lowest BCUT2D eigenvalue weighted by Crippen LogP contribution is -2.37. The third-order valence-electron chi connectivity index (χ3n) is 2.98. The summed E-state index contributed by atoms with van der Waals surface area (Å²) >= 11 is 4.94. The van der Waals surface area contributed by atoms with Gasteiger partial charge in [-0.3, -0.25) is 9.69 Å². The summed E-state index contributed by atoms with van der Waals surface area (Å²) in [6, 6.07) is 1.94. The molecule has 4 heteroatoms. The summed E-state index contributed by atoms with van der Waals surface area (Å²) in [6.45, 7) is 4.97. The molecule has 0 spiro atoms. The molecule has 0 aromatic carbocycles. The minimum atomic E-state index is 0.246. The van der Waals surface area contributed by atoms with E-state index in [1.54, 1.807) is 0 Å². The molecular formula is C12H16BrNOS. The summed E-state index contributed by atoms with van der Waals surface area (Å²) in [4.78, 5) is 15.2. The molecule has 0 radical (unpaired) electrons. The Labute approximate surface area is 109 Å². The Morgan fingerprint density at radius 1 is 1.69 bits per heavy atom. The molecule has 1 fully saturated rings. The van der Waals surface area contributed by atoms with Crippen molar-refractivity contribution in [1.82, 2.24) is 4.90 Å². The van der Waals surface area contributed by atoms with Crippen LogP contribution in [0.15, 0.2) is 15.9 Å². The van der Waals surface area contributed by atoms with E-state index >= 15 is 0 Å². The molecule has 1 atom stereocenters. The highest BCUT2D eigenvalue weighted by molar-refractivity contribution is 9.10. The summed E-state index contributed by atoms with van der Waals surface area (Å²) in [5, 5.41) is 1.95. The number of hydrogen-bond acceptors (Lipinski definition) is 3. The zero-order chi connectivity index (χ0) is 11.5. The predicted molar refractivity (Wildman–Crippen MR) is 71.2 cm³/mol. The summed E-state index contributed by atoms with van der Waals surface area (Å²) < 4.78 is 0.938. The predicted octanol–water partition coefficient (Wildman–Crippen LogP) is 3.43. The van der Waals surface area contributed by atoms with Gasteiger partial charge in [-0.15, -0.1) is 11.3 Å². The van der Waals surface area contributed by atoms with Gasteiger partial charge in [-0.1, -0.05) is 6.92 Å². The number of ketones is 1. The van der Waals surface area contributed by atoms with Crippen molar-refractivity contribution in [3.8, 4) is 0 Å². The maximum atomic E-state index is 12.0. The van der Waals surface area contributed by atoms with E-state index in [4.69, 9.17) is 0 Å². The normalized spacial score (nSPS) is 22.2. The van der Waals surface area contributed by atoms with E-state index < -0.39 is 0 Å². The summed E-state index contributed by atoms with van der Waals surface area (Å²) in [5.41, 5.74) is 0. The Bertz CT molecular complexity index is 377. The molecule has 1 aliphatic rings. The quantitative estimate of drug-likeness (QED) is 0.797. The van der Waals surface area contributed by atoms with Crippen LogP contribution in [0, 0.1) is 5.92 Å². The van der Waals surface area contributed by atoms with Crippen LogP contribution in [-0.2, 0) is 0 Å². The van der Waals surface area contributed by atoms with Crippen LogP contribution in [0.25, 0.3) is 0 Å². The molecule has 0 aliphatic carbocycles. The van der Waals surface area contributed by atoms with Crippen molar-refractivity contribution in [2.45, 2.75) is 19.8 Å².